The summed E-state index contributed by atoms with van der Waals surface area (Å²) in [4.78, 5) is 35.5. The van der Waals surface area contributed by atoms with Crippen LogP contribution in [0.4, 0.5) is 9.59 Å². The van der Waals surface area contributed by atoms with Gasteiger partial charge in [-0.25, -0.2) is 14.4 Å². The minimum atomic E-state index is -1.53. The maximum absolute atomic E-state index is 12.3. The third kappa shape index (κ3) is 7.95. The highest BCUT2D eigenvalue weighted by Gasteiger charge is 2.34. The summed E-state index contributed by atoms with van der Waals surface area (Å²) in [5.74, 6) is -3.25. The van der Waals surface area contributed by atoms with Crippen molar-refractivity contribution in [2.45, 2.75) is 52.7 Å². The van der Waals surface area contributed by atoms with Crippen molar-refractivity contribution < 1.29 is 34.1 Å². The number of amides is 2. The Labute approximate surface area is 145 Å². The van der Waals surface area contributed by atoms with Gasteiger partial charge in [0.1, 0.15) is 16.9 Å². The number of imide groups is 1. The molecule has 6 N–H and O–H groups in total. The molecule has 0 saturated heterocycles. The molecule has 2 amide bonds. The summed E-state index contributed by atoms with van der Waals surface area (Å²) in [5.41, 5.74) is 8.09. The van der Waals surface area contributed by atoms with Crippen molar-refractivity contribution in [1.82, 2.24) is 4.90 Å². The maximum atomic E-state index is 12.3. The van der Waals surface area contributed by atoms with Gasteiger partial charge in [0.05, 0.1) is 0 Å². The molecule has 0 aromatic rings. The van der Waals surface area contributed by atoms with E-state index >= 15 is 0 Å². The number of hydrogen-bond donors (Lipinski definition) is 4. The zero-order valence-electron chi connectivity index (χ0n) is 15.1. The Hall–Kier alpha value is -2.91. The first-order chi connectivity index (χ1) is 11.0. The van der Waals surface area contributed by atoms with E-state index in [0.29, 0.717) is 6.08 Å². The number of nitrogens with zero attached hydrogens (tertiary/aromatic N) is 1. The molecule has 0 fully saturated rings. The first kappa shape index (κ1) is 22.1. The van der Waals surface area contributed by atoms with E-state index in [2.05, 4.69) is 0 Å². The molecule has 0 spiro atoms. The molecule has 0 bridgehead atoms. The molecule has 0 aromatic carbocycles. The molecule has 0 rings (SSSR count). The van der Waals surface area contributed by atoms with Crippen LogP contribution in [0.3, 0.4) is 0 Å². The van der Waals surface area contributed by atoms with Crippen LogP contribution in [0.15, 0.2) is 23.4 Å². The van der Waals surface area contributed by atoms with Crippen LogP contribution in [0.25, 0.3) is 0 Å². The molecule has 142 valence electrons. The van der Waals surface area contributed by atoms with E-state index in [-0.39, 0.29) is 4.90 Å². The van der Waals surface area contributed by atoms with Crippen molar-refractivity contribution >= 4 is 18.2 Å². The summed E-state index contributed by atoms with van der Waals surface area (Å²) in [6.07, 6.45) is -1.85. The van der Waals surface area contributed by atoms with Crippen LogP contribution in [0, 0.1) is 0 Å². The zero-order valence-corrected chi connectivity index (χ0v) is 15.1. The van der Waals surface area contributed by atoms with Crippen molar-refractivity contribution in [2.24, 2.45) is 11.5 Å². The fourth-order valence-corrected chi connectivity index (χ4v) is 1.28. The minimum Gasteiger partial charge on any atom is -0.504 e. The van der Waals surface area contributed by atoms with Crippen LogP contribution >= 0.6 is 0 Å². The number of aliphatic hydroxyl groups excluding tert-OH is 1. The van der Waals surface area contributed by atoms with Gasteiger partial charge in [-0.1, -0.05) is 0 Å². The molecule has 0 heterocycles. The average molecular weight is 359 g/mol. The van der Waals surface area contributed by atoms with Crippen molar-refractivity contribution in [3.8, 4) is 0 Å². The van der Waals surface area contributed by atoms with Crippen molar-refractivity contribution in [3.05, 3.63) is 23.4 Å². The summed E-state index contributed by atoms with van der Waals surface area (Å²) < 4.78 is 10.1. The Kier molecular flexibility index (Phi) is 6.87. The highest BCUT2D eigenvalue weighted by molar-refractivity contribution is 5.91. The van der Waals surface area contributed by atoms with Crippen LogP contribution in [-0.4, -0.2) is 44.5 Å². The fraction of sp³-hybridized carbons (Fsp3) is 0.533. The Morgan fingerprint density at radius 1 is 0.880 bits per heavy atom. The van der Waals surface area contributed by atoms with Crippen molar-refractivity contribution in [1.29, 1.82) is 0 Å². The summed E-state index contributed by atoms with van der Waals surface area (Å²) in [7, 11) is 0. The Balaban J connectivity index is 5.95. The number of nitrogens with two attached hydrogens (primary N) is 2. The smallest absolute Gasteiger partial charge is 0.425 e. The lowest BCUT2D eigenvalue weighted by Crippen LogP contribution is -2.45. The van der Waals surface area contributed by atoms with Crippen molar-refractivity contribution in [2.75, 3.05) is 0 Å². The molecule has 10 nitrogen and oxygen atoms in total. The Morgan fingerprint density at radius 2 is 1.24 bits per heavy atom. The Bertz CT molecular complexity index is 582. The summed E-state index contributed by atoms with van der Waals surface area (Å²) in [5, 5.41) is 18.6. The van der Waals surface area contributed by atoms with Crippen LogP contribution < -0.4 is 11.5 Å². The lowest BCUT2D eigenvalue weighted by Gasteiger charge is -2.28. The molecule has 0 radical (unpaired) electrons. The predicted octanol–water partition coefficient (Wildman–Crippen LogP) is 1.77. The second kappa shape index (κ2) is 7.77. The number of allylic oxidation sites excluding steroid dienone is 1. The second-order valence-corrected chi connectivity index (χ2v) is 6.97. The van der Waals surface area contributed by atoms with Crippen LogP contribution in [0.1, 0.15) is 41.5 Å². The van der Waals surface area contributed by atoms with E-state index in [1.807, 2.05) is 0 Å². The van der Waals surface area contributed by atoms with Crippen LogP contribution in [-0.2, 0) is 14.3 Å². The second-order valence-electron chi connectivity index (χ2n) is 6.97. The Morgan fingerprint density at radius 3 is 1.52 bits per heavy atom. The largest absolute Gasteiger partial charge is 0.504 e. The number of carbonyl (C=O) groups is 3. The first-order valence-electron chi connectivity index (χ1n) is 7.20. The zero-order chi connectivity index (χ0) is 20.2. The minimum absolute atomic E-state index is 0.247. The molecular formula is C15H25N3O7. The van der Waals surface area contributed by atoms with Crippen LogP contribution in [0.2, 0.25) is 0 Å². The van der Waals surface area contributed by atoms with E-state index in [4.69, 9.17) is 26.0 Å². The number of aliphatic carboxylic acids is 1. The van der Waals surface area contributed by atoms with E-state index in [9.17, 15) is 19.5 Å². The summed E-state index contributed by atoms with van der Waals surface area (Å²) in [6.45, 7) is 9.33. The molecular weight excluding hydrogens is 334 g/mol. The number of carbonyl (C=O) groups excluding carboxylic acids is 2. The highest BCUT2D eigenvalue weighted by Crippen LogP contribution is 2.18. The van der Waals surface area contributed by atoms with Gasteiger partial charge in [0.25, 0.3) is 0 Å². The molecule has 0 aromatic heterocycles. The number of hydrogen-bond acceptors (Lipinski definition) is 8. The molecule has 0 aliphatic carbocycles. The molecule has 25 heavy (non-hydrogen) atoms. The van der Waals surface area contributed by atoms with Gasteiger partial charge in [0, 0.05) is 6.08 Å². The quantitative estimate of drug-likeness (QED) is 0.333. The fourth-order valence-electron chi connectivity index (χ4n) is 1.28. The third-order valence-electron chi connectivity index (χ3n) is 2.19. The lowest BCUT2D eigenvalue weighted by molar-refractivity contribution is -0.132. The molecule has 0 aliphatic heterocycles. The normalized spacial score (nSPS) is 13.6. The van der Waals surface area contributed by atoms with Crippen molar-refractivity contribution in [3.63, 3.8) is 0 Å². The molecule has 0 atom stereocenters. The average Bonchev–Trinajstić information content (AvgIpc) is 2.33. The van der Waals surface area contributed by atoms with Gasteiger partial charge in [0.15, 0.2) is 11.6 Å². The topological polar surface area (TPSA) is 165 Å². The third-order valence-corrected chi connectivity index (χ3v) is 2.19. The number of carboxylic acids is 1. The highest BCUT2D eigenvalue weighted by atomic mass is 16.6. The van der Waals surface area contributed by atoms with Gasteiger partial charge in [-0.3, -0.25) is 0 Å². The molecule has 0 saturated carbocycles. The SMILES string of the molecule is CC(C)(C)OC(=O)N(C(=O)OC(C)(C)C)/C(N)=C(O)/C=C(\N)C(=O)O. The number of carboxylic acid groups (broad SMARTS) is 1. The van der Waals surface area contributed by atoms with Gasteiger partial charge in [0.2, 0.25) is 0 Å². The van der Waals surface area contributed by atoms with Gasteiger partial charge in [-0.15, -0.1) is 0 Å². The number of rotatable bonds is 3. The predicted molar refractivity (Wildman–Crippen MR) is 88.1 cm³/mol. The molecule has 10 heteroatoms. The first-order valence-corrected chi connectivity index (χ1v) is 7.20. The lowest BCUT2D eigenvalue weighted by atomic mass is 10.2. The van der Waals surface area contributed by atoms with Gasteiger partial charge < -0.3 is 31.2 Å². The van der Waals surface area contributed by atoms with E-state index < -0.39 is 46.6 Å². The van der Waals surface area contributed by atoms with E-state index in [1.165, 1.54) is 0 Å². The molecule has 0 unspecified atom stereocenters. The molecule has 0 aliphatic rings. The standard InChI is InChI=1S/C15H25N3O7/c1-14(2,3)24-12(22)18(13(23)25-15(4,5)6)10(17)9(19)7-8(16)11(20)21/h7,19H,16-17H2,1-6H3,(H,20,21)/b8-7-,10-9-. The summed E-state index contributed by atoms with van der Waals surface area (Å²) >= 11 is 0. The van der Waals surface area contributed by atoms with E-state index in [0.717, 1.165) is 0 Å². The van der Waals surface area contributed by atoms with Gasteiger partial charge in [-0.2, -0.15) is 4.90 Å². The van der Waals surface area contributed by atoms with Crippen LogP contribution in [0.5, 0.6) is 0 Å². The number of ether oxygens (including phenoxy) is 2. The maximum Gasteiger partial charge on any atom is 0.425 e. The monoisotopic (exact) mass is 359 g/mol. The van der Waals surface area contributed by atoms with E-state index in [1.54, 1.807) is 41.5 Å². The summed E-state index contributed by atoms with van der Waals surface area (Å²) in [6, 6.07) is 0. The number of aliphatic hydroxyl groups is 1. The van der Waals surface area contributed by atoms with Gasteiger partial charge >= 0.3 is 18.2 Å². The van der Waals surface area contributed by atoms with Gasteiger partial charge in [-0.05, 0) is 41.5 Å².